The molecule has 1 aromatic carbocycles. The maximum absolute atomic E-state index is 13.5. The van der Waals surface area contributed by atoms with Crippen LogP contribution in [0.15, 0.2) is 36.7 Å². The molecule has 0 atom stereocenters. The van der Waals surface area contributed by atoms with Crippen LogP contribution in [-0.2, 0) is 13.2 Å². The zero-order valence-corrected chi connectivity index (χ0v) is 11.5. The molecule has 0 bridgehead atoms. The van der Waals surface area contributed by atoms with Gasteiger partial charge in [-0.05, 0) is 36.7 Å². The first-order valence-electron chi connectivity index (χ1n) is 6.67. The maximum Gasteiger partial charge on any atom is 0.166 e. The van der Waals surface area contributed by atoms with Gasteiger partial charge in [-0.1, -0.05) is 6.92 Å². The first-order chi connectivity index (χ1) is 9.78. The molecule has 0 saturated heterocycles. The molecule has 0 fully saturated rings. The third-order valence-electron chi connectivity index (χ3n) is 2.67. The standard InChI is InChI=1S/C15H18FN3O/c1-2-4-17-10-12-7-13(16)9-14(8-12)20-11-15-18-5-3-6-19-15/h3,5-9,17H,2,4,10-11H2,1H3. The first kappa shape index (κ1) is 14.4. The zero-order chi connectivity index (χ0) is 14.2. The molecule has 4 nitrogen and oxygen atoms in total. The molecule has 1 heterocycles. The van der Waals surface area contributed by atoms with E-state index in [2.05, 4.69) is 22.2 Å². The van der Waals surface area contributed by atoms with E-state index in [9.17, 15) is 4.39 Å². The van der Waals surface area contributed by atoms with E-state index < -0.39 is 0 Å². The van der Waals surface area contributed by atoms with Crippen LogP contribution in [0.2, 0.25) is 0 Å². The normalized spacial score (nSPS) is 10.5. The van der Waals surface area contributed by atoms with Gasteiger partial charge >= 0.3 is 0 Å². The number of nitrogens with one attached hydrogen (secondary N) is 1. The number of nitrogens with zero attached hydrogens (tertiary/aromatic N) is 2. The van der Waals surface area contributed by atoms with Gasteiger partial charge in [0.1, 0.15) is 18.2 Å². The van der Waals surface area contributed by atoms with E-state index in [1.54, 1.807) is 18.5 Å². The molecule has 0 amide bonds. The number of rotatable bonds is 7. The van der Waals surface area contributed by atoms with E-state index in [-0.39, 0.29) is 12.4 Å². The van der Waals surface area contributed by atoms with E-state index in [1.165, 1.54) is 12.1 Å². The Balaban J connectivity index is 1.97. The third-order valence-corrected chi connectivity index (χ3v) is 2.67. The molecule has 20 heavy (non-hydrogen) atoms. The molecule has 106 valence electrons. The van der Waals surface area contributed by atoms with Crippen LogP contribution in [0.5, 0.6) is 5.75 Å². The number of hydrogen-bond donors (Lipinski definition) is 1. The fourth-order valence-corrected chi connectivity index (χ4v) is 1.77. The van der Waals surface area contributed by atoms with E-state index in [4.69, 9.17) is 4.74 Å². The van der Waals surface area contributed by atoms with Crippen LogP contribution < -0.4 is 10.1 Å². The Bertz CT molecular complexity index is 534. The third kappa shape index (κ3) is 4.59. The van der Waals surface area contributed by atoms with Crippen molar-refractivity contribution in [2.24, 2.45) is 0 Å². The fraction of sp³-hybridized carbons (Fsp3) is 0.333. The Morgan fingerprint density at radius 3 is 2.75 bits per heavy atom. The van der Waals surface area contributed by atoms with E-state index in [0.717, 1.165) is 18.5 Å². The molecular weight excluding hydrogens is 257 g/mol. The van der Waals surface area contributed by atoms with Gasteiger partial charge in [0.05, 0.1) is 0 Å². The second-order valence-electron chi connectivity index (χ2n) is 4.43. The zero-order valence-electron chi connectivity index (χ0n) is 11.5. The molecule has 2 aromatic rings. The molecule has 2 rings (SSSR count). The number of benzene rings is 1. The minimum Gasteiger partial charge on any atom is -0.485 e. The van der Waals surface area contributed by atoms with Crippen molar-refractivity contribution in [1.29, 1.82) is 0 Å². The van der Waals surface area contributed by atoms with Gasteiger partial charge in [0, 0.05) is 25.0 Å². The molecule has 0 aliphatic heterocycles. The summed E-state index contributed by atoms with van der Waals surface area (Å²) in [5.41, 5.74) is 0.863. The molecule has 0 aliphatic rings. The lowest BCUT2D eigenvalue weighted by Crippen LogP contribution is -2.14. The second kappa shape index (κ2) is 7.55. The van der Waals surface area contributed by atoms with Crippen LogP contribution in [-0.4, -0.2) is 16.5 Å². The number of ether oxygens (including phenoxy) is 1. The Morgan fingerprint density at radius 1 is 1.20 bits per heavy atom. The summed E-state index contributed by atoms with van der Waals surface area (Å²) in [5, 5.41) is 3.23. The molecule has 0 unspecified atom stereocenters. The number of aromatic nitrogens is 2. The average molecular weight is 275 g/mol. The van der Waals surface area contributed by atoms with Crippen LogP contribution in [0.25, 0.3) is 0 Å². The summed E-state index contributed by atoms with van der Waals surface area (Å²) in [7, 11) is 0. The van der Waals surface area contributed by atoms with E-state index in [0.29, 0.717) is 18.1 Å². The van der Waals surface area contributed by atoms with Gasteiger partial charge in [0.2, 0.25) is 0 Å². The molecular formula is C15H18FN3O. The summed E-state index contributed by atoms with van der Waals surface area (Å²) in [6, 6.07) is 6.44. The highest BCUT2D eigenvalue weighted by Gasteiger charge is 2.03. The van der Waals surface area contributed by atoms with Crippen molar-refractivity contribution in [3.63, 3.8) is 0 Å². The van der Waals surface area contributed by atoms with Gasteiger partial charge in [-0.3, -0.25) is 0 Å². The Morgan fingerprint density at radius 2 is 2.00 bits per heavy atom. The number of hydrogen-bond acceptors (Lipinski definition) is 4. The predicted octanol–water partition coefficient (Wildman–Crippen LogP) is 2.69. The smallest absolute Gasteiger partial charge is 0.166 e. The average Bonchev–Trinajstić information content (AvgIpc) is 2.46. The minimum atomic E-state index is -0.301. The summed E-state index contributed by atoms with van der Waals surface area (Å²) in [6.07, 6.45) is 4.35. The summed E-state index contributed by atoms with van der Waals surface area (Å²) in [6.45, 7) is 3.85. The van der Waals surface area contributed by atoms with Crippen molar-refractivity contribution in [2.45, 2.75) is 26.5 Å². The van der Waals surface area contributed by atoms with E-state index in [1.807, 2.05) is 6.07 Å². The number of halogens is 1. The van der Waals surface area contributed by atoms with Crippen LogP contribution in [0.4, 0.5) is 4.39 Å². The van der Waals surface area contributed by atoms with Crippen molar-refractivity contribution in [1.82, 2.24) is 15.3 Å². The van der Waals surface area contributed by atoms with Crippen LogP contribution >= 0.6 is 0 Å². The largest absolute Gasteiger partial charge is 0.485 e. The molecule has 0 spiro atoms. The van der Waals surface area contributed by atoms with Gasteiger partial charge < -0.3 is 10.1 Å². The SMILES string of the molecule is CCCNCc1cc(F)cc(OCc2ncccn2)c1. The maximum atomic E-state index is 13.5. The van der Waals surface area contributed by atoms with Crippen LogP contribution in [0.1, 0.15) is 24.7 Å². The van der Waals surface area contributed by atoms with Gasteiger partial charge in [0.25, 0.3) is 0 Å². The highest BCUT2D eigenvalue weighted by Crippen LogP contribution is 2.17. The second-order valence-corrected chi connectivity index (χ2v) is 4.43. The summed E-state index contributed by atoms with van der Waals surface area (Å²) in [5.74, 6) is 0.762. The predicted molar refractivity (Wildman–Crippen MR) is 74.8 cm³/mol. The summed E-state index contributed by atoms with van der Waals surface area (Å²) in [4.78, 5) is 8.11. The van der Waals surface area contributed by atoms with Crippen molar-refractivity contribution < 1.29 is 9.13 Å². The lowest BCUT2D eigenvalue weighted by molar-refractivity contribution is 0.294. The van der Waals surface area contributed by atoms with Crippen molar-refractivity contribution in [2.75, 3.05) is 6.54 Å². The minimum absolute atomic E-state index is 0.228. The van der Waals surface area contributed by atoms with Gasteiger partial charge in [0.15, 0.2) is 5.82 Å². The van der Waals surface area contributed by atoms with Gasteiger partial charge in [-0.25, -0.2) is 14.4 Å². The first-order valence-corrected chi connectivity index (χ1v) is 6.67. The molecule has 5 heteroatoms. The molecule has 1 aromatic heterocycles. The lowest BCUT2D eigenvalue weighted by Gasteiger charge is -2.08. The van der Waals surface area contributed by atoms with E-state index >= 15 is 0 Å². The molecule has 0 aliphatic carbocycles. The molecule has 1 N–H and O–H groups in total. The summed E-state index contributed by atoms with van der Waals surface area (Å²) < 4.78 is 19.1. The summed E-state index contributed by atoms with van der Waals surface area (Å²) >= 11 is 0. The van der Waals surface area contributed by atoms with Gasteiger partial charge in [-0.2, -0.15) is 0 Å². The van der Waals surface area contributed by atoms with Gasteiger partial charge in [-0.15, -0.1) is 0 Å². The van der Waals surface area contributed by atoms with Crippen LogP contribution in [0.3, 0.4) is 0 Å². The molecule has 0 radical (unpaired) electrons. The Hall–Kier alpha value is -2.01. The topological polar surface area (TPSA) is 47.0 Å². The van der Waals surface area contributed by atoms with Crippen molar-refractivity contribution in [3.05, 3.63) is 53.9 Å². The molecule has 0 saturated carbocycles. The quantitative estimate of drug-likeness (QED) is 0.789. The highest BCUT2D eigenvalue weighted by atomic mass is 19.1. The highest BCUT2D eigenvalue weighted by molar-refractivity contribution is 5.29. The van der Waals surface area contributed by atoms with Crippen molar-refractivity contribution in [3.8, 4) is 5.75 Å². The monoisotopic (exact) mass is 275 g/mol. The fourth-order valence-electron chi connectivity index (χ4n) is 1.77. The van der Waals surface area contributed by atoms with Crippen molar-refractivity contribution >= 4 is 0 Å². The Labute approximate surface area is 118 Å². The lowest BCUT2D eigenvalue weighted by atomic mass is 10.2. The Kier molecular flexibility index (Phi) is 5.43. The van der Waals surface area contributed by atoms with Crippen LogP contribution in [0, 0.1) is 5.82 Å².